The minimum atomic E-state index is -4.71. The second kappa shape index (κ2) is 11.5. The van der Waals surface area contributed by atoms with Crippen LogP contribution < -0.4 is 14.9 Å². The average molecular weight is 646 g/mol. The van der Waals surface area contributed by atoms with Crippen LogP contribution in [0.25, 0.3) is 33.4 Å². The molecule has 1 aromatic heterocycles. The third kappa shape index (κ3) is 6.53. The molecule has 2 N–H and O–H groups in total. The molecule has 0 atom stereocenters. The van der Waals surface area contributed by atoms with E-state index in [2.05, 4.69) is 5.32 Å². The van der Waals surface area contributed by atoms with E-state index in [1.54, 1.807) is 12.1 Å². The molecule has 5 rings (SSSR count). The first kappa shape index (κ1) is 32.0. The number of sulfonamides is 1. The van der Waals surface area contributed by atoms with Crippen molar-refractivity contribution in [1.82, 2.24) is 10.6 Å². The number of furan rings is 1. The summed E-state index contributed by atoms with van der Waals surface area (Å²) < 4.78 is 87.9. The second-order valence-electron chi connectivity index (χ2n) is 11.7. The van der Waals surface area contributed by atoms with Crippen LogP contribution in [0.4, 0.5) is 23.2 Å². The number of hydrogen-bond acceptors (Lipinski definition) is 5. The normalized spacial score (nSPS) is 14.0. The summed E-state index contributed by atoms with van der Waals surface area (Å²) in [5, 5.41) is 4.89. The monoisotopic (exact) mass is 645 g/mol. The lowest BCUT2D eigenvalue weighted by Crippen LogP contribution is -2.54. The summed E-state index contributed by atoms with van der Waals surface area (Å²) in [6.07, 6.45) is -1.97. The molecule has 0 saturated heterocycles. The molecule has 13 heteroatoms. The summed E-state index contributed by atoms with van der Waals surface area (Å²) in [7, 11) is -2.43. The minimum Gasteiger partial charge on any atom is -0.455 e. The lowest BCUT2D eigenvalue weighted by molar-refractivity contribution is -0.182. The molecule has 45 heavy (non-hydrogen) atoms. The van der Waals surface area contributed by atoms with E-state index in [-0.39, 0.29) is 40.6 Å². The van der Waals surface area contributed by atoms with Crippen LogP contribution in [0.15, 0.2) is 65.1 Å². The van der Waals surface area contributed by atoms with Crippen molar-refractivity contribution in [3.8, 4) is 22.5 Å². The summed E-state index contributed by atoms with van der Waals surface area (Å²) in [4.78, 5) is 26.2. The number of alkyl halides is 3. The first-order valence-corrected chi connectivity index (χ1v) is 15.9. The number of anilines is 1. The summed E-state index contributed by atoms with van der Waals surface area (Å²) in [6.45, 7) is 1.87. The fourth-order valence-electron chi connectivity index (χ4n) is 4.93. The largest absolute Gasteiger partial charge is 0.455 e. The fourth-order valence-corrected chi connectivity index (χ4v) is 5.92. The van der Waals surface area contributed by atoms with Crippen molar-refractivity contribution in [3.05, 3.63) is 77.6 Å². The van der Waals surface area contributed by atoms with Crippen molar-refractivity contribution in [3.63, 3.8) is 0 Å². The summed E-state index contributed by atoms with van der Waals surface area (Å²) >= 11 is 0. The molecular weight excluding hydrogens is 614 g/mol. The van der Waals surface area contributed by atoms with Crippen LogP contribution in [0.3, 0.4) is 0 Å². The van der Waals surface area contributed by atoms with Gasteiger partial charge in [-0.15, -0.1) is 0 Å². The van der Waals surface area contributed by atoms with Gasteiger partial charge in [0.15, 0.2) is 0 Å². The fraction of sp³-hybridized carbons (Fsp3) is 0.312. The third-order valence-corrected chi connectivity index (χ3v) is 8.87. The molecule has 0 radical (unpaired) electrons. The van der Waals surface area contributed by atoms with Crippen molar-refractivity contribution >= 4 is 38.5 Å². The first-order chi connectivity index (χ1) is 21.0. The highest BCUT2D eigenvalue weighted by molar-refractivity contribution is 7.92. The van der Waals surface area contributed by atoms with Gasteiger partial charge in [-0.05, 0) is 80.6 Å². The number of rotatable bonds is 9. The number of nitrogens with zero attached hydrogens (tertiary/aromatic N) is 1. The van der Waals surface area contributed by atoms with Crippen molar-refractivity contribution in [2.24, 2.45) is 5.92 Å². The standard InChI is InChI=1S/C32H31F4N3O5S/c1-31(2,32(34,35)36)38-29(40)21-7-5-6-20(14-21)23-15-24-26(16-25(23)39(45(4,42)43)17-18-8-9-18)44-28(27(24)30(41)37-3)19-10-12-22(33)13-11-19/h5-7,10-16,18H,8-9,17H2,1-4H3,(H,37,41)(H,38,40). The van der Waals surface area contributed by atoms with Gasteiger partial charge in [0.2, 0.25) is 10.0 Å². The lowest BCUT2D eigenvalue weighted by atomic mass is 9.96. The zero-order valence-corrected chi connectivity index (χ0v) is 25.7. The van der Waals surface area contributed by atoms with Crippen LogP contribution >= 0.6 is 0 Å². The Kier molecular flexibility index (Phi) is 8.19. The van der Waals surface area contributed by atoms with Crippen molar-refractivity contribution in [2.45, 2.75) is 38.4 Å². The van der Waals surface area contributed by atoms with E-state index >= 15 is 0 Å². The highest BCUT2D eigenvalue weighted by Crippen LogP contribution is 2.43. The Balaban J connectivity index is 1.75. The van der Waals surface area contributed by atoms with E-state index in [1.165, 1.54) is 59.9 Å². The SMILES string of the molecule is CNC(=O)c1c(-c2ccc(F)cc2)oc2cc(N(CC3CC3)S(C)(=O)=O)c(-c3cccc(C(=O)NC(C)(C)C(F)(F)F)c3)cc12. The van der Waals surface area contributed by atoms with Crippen LogP contribution in [0.5, 0.6) is 0 Å². The van der Waals surface area contributed by atoms with Gasteiger partial charge in [-0.2, -0.15) is 13.2 Å². The van der Waals surface area contributed by atoms with E-state index in [9.17, 15) is 35.6 Å². The Morgan fingerprint density at radius 3 is 2.22 bits per heavy atom. The van der Waals surface area contributed by atoms with Gasteiger partial charge in [-0.25, -0.2) is 12.8 Å². The first-order valence-electron chi connectivity index (χ1n) is 14.1. The topological polar surface area (TPSA) is 109 Å². The van der Waals surface area contributed by atoms with E-state index in [4.69, 9.17) is 4.42 Å². The molecule has 1 aliphatic rings. The van der Waals surface area contributed by atoms with Gasteiger partial charge in [-0.1, -0.05) is 12.1 Å². The van der Waals surface area contributed by atoms with Gasteiger partial charge in [0.25, 0.3) is 11.8 Å². The highest BCUT2D eigenvalue weighted by atomic mass is 32.2. The van der Waals surface area contributed by atoms with E-state index in [1.807, 2.05) is 5.32 Å². The van der Waals surface area contributed by atoms with Gasteiger partial charge < -0.3 is 15.1 Å². The Labute approximate surface area is 257 Å². The Morgan fingerprint density at radius 1 is 0.978 bits per heavy atom. The molecule has 1 aliphatic carbocycles. The van der Waals surface area contributed by atoms with Crippen molar-refractivity contribution in [2.75, 3.05) is 24.2 Å². The van der Waals surface area contributed by atoms with Gasteiger partial charge in [0, 0.05) is 41.7 Å². The maximum absolute atomic E-state index is 13.7. The molecule has 3 aromatic carbocycles. The zero-order valence-electron chi connectivity index (χ0n) is 24.9. The van der Waals surface area contributed by atoms with Gasteiger partial charge in [-0.3, -0.25) is 13.9 Å². The minimum absolute atomic E-state index is 0.0882. The number of amides is 2. The third-order valence-electron chi connectivity index (χ3n) is 7.73. The molecule has 0 unspecified atom stereocenters. The number of fused-ring (bicyclic) bond motifs is 1. The number of halogens is 4. The maximum atomic E-state index is 13.7. The number of nitrogens with one attached hydrogen (secondary N) is 2. The molecule has 8 nitrogen and oxygen atoms in total. The molecule has 0 bridgehead atoms. The molecule has 0 aliphatic heterocycles. The quantitative estimate of drug-likeness (QED) is 0.202. The predicted octanol–water partition coefficient (Wildman–Crippen LogP) is 6.51. The molecule has 1 saturated carbocycles. The molecule has 1 fully saturated rings. The van der Waals surface area contributed by atoms with Crippen LogP contribution in [0, 0.1) is 11.7 Å². The van der Waals surface area contributed by atoms with E-state index in [0.717, 1.165) is 32.9 Å². The van der Waals surface area contributed by atoms with Gasteiger partial charge >= 0.3 is 6.18 Å². The molecule has 238 valence electrons. The molecular formula is C32H31F4N3O5S. The Bertz CT molecular complexity index is 1900. The number of hydrogen-bond donors (Lipinski definition) is 2. The Hall–Kier alpha value is -4.39. The zero-order chi connectivity index (χ0) is 32.9. The maximum Gasteiger partial charge on any atom is 0.410 e. The average Bonchev–Trinajstić information content (AvgIpc) is 3.72. The van der Waals surface area contributed by atoms with Crippen LogP contribution in [0.1, 0.15) is 47.4 Å². The predicted molar refractivity (Wildman–Crippen MR) is 163 cm³/mol. The van der Waals surface area contributed by atoms with Crippen LogP contribution in [-0.2, 0) is 10.0 Å². The van der Waals surface area contributed by atoms with Crippen LogP contribution in [0.2, 0.25) is 0 Å². The van der Waals surface area contributed by atoms with E-state index in [0.29, 0.717) is 22.1 Å². The molecule has 4 aromatic rings. The lowest BCUT2D eigenvalue weighted by Gasteiger charge is -2.29. The van der Waals surface area contributed by atoms with Gasteiger partial charge in [0.1, 0.15) is 22.7 Å². The summed E-state index contributed by atoms with van der Waals surface area (Å²) in [5.41, 5.74) is -1.09. The summed E-state index contributed by atoms with van der Waals surface area (Å²) in [6, 6.07) is 14.2. The molecule has 2 amide bonds. The van der Waals surface area contributed by atoms with Gasteiger partial charge in [0.05, 0.1) is 17.5 Å². The molecule has 0 spiro atoms. The number of benzene rings is 3. The number of carbonyl (C=O) groups is 2. The van der Waals surface area contributed by atoms with E-state index < -0.39 is 39.4 Å². The second-order valence-corrected chi connectivity index (χ2v) is 13.6. The summed E-state index contributed by atoms with van der Waals surface area (Å²) in [5.74, 6) is -1.74. The van der Waals surface area contributed by atoms with Crippen LogP contribution in [-0.4, -0.2) is 51.8 Å². The smallest absolute Gasteiger partial charge is 0.410 e. The van der Waals surface area contributed by atoms with Crippen molar-refractivity contribution in [1.29, 1.82) is 0 Å². The van der Waals surface area contributed by atoms with Crippen molar-refractivity contribution < 1.29 is 40.0 Å². The highest BCUT2D eigenvalue weighted by Gasteiger charge is 2.48. The molecule has 1 heterocycles. The number of carbonyl (C=O) groups excluding carboxylic acids is 2. The Morgan fingerprint density at radius 2 is 1.64 bits per heavy atom.